The van der Waals surface area contributed by atoms with Gasteiger partial charge in [0, 0.05) is 37.6 Å². The Morgan fingerprint density at radius 3 is 3.04 bits per heavy atom. The molecule has 7 heteroatoms. The summed E-state index contributed by atoms with van der Waals surface area (Å²) in [5.41, 5.74) is 1.36. The number of aryl methyl sites for hydroxylation is 1. The number of amides is 1. The molecule has 1 fully saturated rings. The molecule has 1 aliphatic rings. The van der Waals surface area contributed by atoms with Gasteiger partial charge in [-0.3, -0.25) is 14.9 Å². The number of rotatable bonds is 5. The highest BCUT2D eigenvalue weighted by molar-refractivity contribution is 5.79. The number of nitro groups is 1. The number of hydrogen-bond acceptors (Lipinski definition) is 4. The Hall–Kier alpha value is -2.44. The third kappa shape index (κ3) is 3.39. The molecule has 24 heavy (non-hydrogen) atoms. The van der Waals surface area contributed by atoms with Gasteiger partial charge >= 0.3 is 0 Å². The van der Waals surface area contributed by atoms with Gasteiger partial charge in [0.25, 0.3) is 5.69 Å². The van der Waals surface area contributed by atoms with Crippen molar-refractivity contribution in [3.63, 3.8) is 0 Å². The number of likely N-dealkylation sites (tertiary alicyclic amines) is 1. The Morgan fingerprint density at radius 1 is 1.46 bits per heavy atom. The summed E-state index contributed by atoms with van der Waals surface area (Å²) in [6.45, 7) is 2.98. The highest BCUT2D eigenvalue weighted by atomic mass is 16.6. The van der Waals surface area contributed by atoms with Crippen molar-refractivity contribution in [3.8, 4) is 0 Å². The Kier molecular flexibility index (Phi) is 4.78. The second-order valence-corrected chi connectivity index (χ2v) is 6.29. The predicted octanol–water partition coefficient (Wildman–Crippen LogP) is 3.19. The van der Waals surface area contributed by atoms with Crippen LogP contribution in [0.2, 0.25) is 0 Å². The molecule has 0 radical (unpaired) electrons. The minimum atomic E-state index is -0.426. The molecule has 128 valence electrons. The maximum absolute atomic E-state index is 12.5. The van der Waals surface area contributed by atoms with Crippen LogP contribution in [0.25, 0.3) is 11.0 Å². The SMILES string of the molecule is CCC1CCCCN1C(=O)CCc1nc2ccc([N+](=O)[O-])cc2[nH]1. The van der Waals surface area contributed by atoms with Crippen LogP contribution >= 0.6 is 0 Å². The average Bonchev–Trinajstić information content (AvgIpc) is 3.01. The average molecular weight is 330 g/mol. The van der Waals surface area contributed by atoms with Crippen LogP contribution in [0.5, 0.6) is 0 Å². The standard InChI is InChI=1S/C17H22N4O3/c1-2-12-5-3-4-10-20(12)17(22)9-8-16-18-14-7-6-13(21(23)24)11-15(14)19-16/h6-7,11-12H,2-5,8-10H2,1H3,(H,18,19). The minimum absolute atomic E-state index is 0.0351. The van der Waals surface area contributed by atoms with E-state index in [9.17, 15) is 14.9 Å². The van der Waals surface area contributed by atoms with Crippen LogP contribution in [0, 0.1) is 10.1 Å². The van der Waals surface area contributed by atoms with Crippen LogP contribution in [0.4, 0.5) is 5.69 Å². The molecule has 7 nitrogen and oxygen atoms in total. The lowest BCUT2D eigenvalue weighted by Gasteiger charge is -2.35. The third-order valence-electron chi connectivity index (χ3n) is 4.72. The monoisotopic (exact) mass is 330 g/mol. The Morgan fingerprint density at radius 2 is 2.29 bits per heavy atom. The van der Waals surface area contributed by atoms with Gasteiger partial charge in [0.1, 0.15) is 5.82 Å². The first kappa shape index (κ1) is 16.4. The van der Waals surface area contributed by atoms with E-state index in [4.69, 9.17) is 0 Å². The van der Waals surface area contributed by atoms with Gasteiger partial charge in [0.05, 0.1) is 16.0 Å². The fourth-order valence-corrected chi connectivity index (χ4v) is 3.40. The number of H-pyrrole nitrogens is 1. The molecule has 1 atom stereocenters. The fraction of sp³-hybridized carbons (Fsp3) is 0.529. The normalized spacial score (nSPS) is 18.0. The number of aromatic nitrogens is 2. The largest absolute Gasteiger partial charge is 0.342 e. The van der Waals surface area contributed by atoms with Gasteiger partial charge < -0.3 is 9.88 Å². The molecule has 0 spiro atoms. The van der Waals surface area contributed by atoms with Crippen molar-refractivity contribution in [2.75, 3.05) is 6.54 Å². The van der Waals surface area contributed by atoms with E-state index in [1.54, 1.807) is 6.07 Å². The molecule has 2 heterocycles. The van der Waals surface area contributed by atoms with Gasteiger partial charge in [-0.1, -0.05) is 6.92 Å². The first-order chi connectivity index (χ1) is 11.6. The summed E-state index contributed by atoms with van der Waals surface area (Å²) in [5.74, 6) is 0.872. The van der Waals surface area contributed by atoms with E-state index >= 15 is 0 Å². The third-order valence-corrected chi connectivity index (χ3v) is 4.72. The quantitative estimate of drug-likeness (QED) is 0.673. The zero-order valence-corrected chi connectivity index (χ0v) is 13.8. The Balaban J connectivity index is 1.66. The van der Waals surface area contributed by atoms with E-state index in [0.717, 1.165) is 25.8 Å². The van der Waals surface area contributed by atoms with E-state index in [1.165, 1.54) is 18.6 Å². The summed E-state index contributed by atoms with van der Waals surface area (Å²) in [6, 6.07) is 4.92. The number of piperidine rings is 1. The summed E-state index contributed by atoms with van der Waals surface area (Å²) in [6.07, 6.45) is 5.31. The smallest absolute Gasteiger partial charge is 0.271 e. The lowest BCUT2D eigenvalue weighted by molar-refractivity contribution is -0.384. The number of aromatic amines is 1. The molecule has 0 saturated carbocycles. The van der Waals surface area contributed by atoms with E-state index in [0.29, 0.717) is 35.7 Å². The number of nitrogens with zero attached hydrogens (tertiary/aromatic N) is 3. The van der Waals surface area contributed by atoms with Gasteiger partial charge in [-0.2, -0.15) is 0 Å². The van der Waals surface area contributed by atoms with E-state index in [-0.39, 0.29) is 11.6 Å². The molecule has 1 aromatic heterocycles. The highest BCUT2D eigenvalue weighted by Gasteiger charge is 2.25. The van der Waals surface area contributed by atoms with Gasteiger partial charge in [0.15, 0.2) is 0 Å². The molecule has 1 amide bonds. The first-order valence-electron chi connectivity index (χ1n) is 8.51. The Bertz CT molecular complexity index is 755. The van der Waals surface area contributed by atoms with Crippen LogP contribution in [-0.4, -0.2) is 38.3 Å². The number of imidazole rings is 1. The fourth-order valence-electron chi connectivity index (χ4n) is 3.40. The van der Waals surface area contributed by atoms with Gasteiger partial charge in [-0.15, -0.1) is 0 Å². The van der Waals surface area contributed by atoms with Crippen molar-refractivity contribution >= 4 is 22.6 Å². The summed E-state index contributed by atoms with van der Waals surface area (Å²) in [4.78, 5) is 32.4. The minimum Gasteiger partial charge on any atom is -0.342 e. The van der Waals surface area contributed by atoms with Crippen molar-refractivity contribution < 1.29 is 9.72 Å². The van der Waals surface area contributed by atoms with Gasteiger partial charge in [0.2, 0.25) is 5.91 Å². The van der Waals surface area contributed by atoms with Crippen LogP contribution in [0.3, 0.4) is 0 Å². The molecule has 3 rings (SSSR count). The molecular formula is C17H22N4O3. The predicted molar refractivity (Wildman–Crippen MR) is 90.7 cm³/mol. The molecule has 1 aliphatic heterocycles. The van der Waals surface area contributed by atoms with Crippen molar-refractivity contribution in [2.24, 2.45) is 0 Å². The Labute approximate surface area is 140 Å². The molecule has 0 bridgehead atoms. The van der Waals surface area contributed by atoms with Crippen LogP contribution < -0.4 is 0 Å². The number of nitro benzene ring substituents is 1. The number of hydrogen-bond donors (Lipinski definition) is 1. The van der Waals surface area contributed by atoms with Gasteiger partial charge in [-0.05, 0) is 31.7 Å². The lowest BCUT2D eigenvalue weighted by atomic mass is 9.99. The lowest BCUT2D eigenvalue weighted by Crippen LogP contribution is -2.43. The maximum atomic E-state index is 12.5. The topological polar surface area (TPSA) is 92.1 Å². The zero-order valence-electron chi connectivity index (χ0n) is 13.8. The van der Waals surface area contributed by atoms with Gasteiger partial charge in [-0.25, -0.2) is 4.98 Å². The second-order valence-electron chi connectivity index (χ2n) is 6.29. The van der Waals surface area contributed by atoms with Crippen molar-refractivity contribution in [1.29, 1.82) is 0 Å². The number of nitrogens with one attached hydrogen (secondary N) is 1. The van der Waals surface area contributed by atoms with E-state index in [2.05, 4.69) is 16.9 Å². The van der Waals surface area contributed by atoms with Crippen molar-refractivity contribution in [3.05, 3.63) is 34.1 Å². The maximum Gasteiger partial charge on any atom is 0.271 e. The molecule has 0 aliphatic carbocycles. The van der Waals surface area contributed by atoms with E-state index in [1.807, 2.05) is 4.90 Å². The van der Waals surface area contributed by atoms with Crippen LogP contribution in [0.15, 0.2) is 18.2 Å². The molecule has 1 N–H and O–H groups in total. The summed E-state index contributed by atoms with van der Waals surface area (Å²) in [5, 5.41) is 10.8. The van der Waals surface area contributed by atoms with E-state index < -0.39 is 4.92 Å². The van der Waals surface area contributed by atoms with Crippen LogP contribution in [0.1, 0.15) is 44.9 Å². The number of carbonyl (C=O) groups excluding carboxylic acids is 1. The summed E-state index contributed by atoms with van der Waals surface area (Å²) in [7, 11) is 0. The first-order valence-corrected chi connectivity index (χ1v) is 8.51. The highest BCUT2D eigenvalue weighted by Crippen LogP contribution is 2.22. The van der Waals surface area contributed by atoms with Crippen LogP contribution in [-0.2, 0) is 11.2 Å². The molecule has 2 aromatic rings. The number of carbonyl (C=O) groups is 1. The van der Waals surface area contributed by atoms with Crippen molar-refractivity contribution in [2.45, 2.75) is 51.5 Å². The molecule has 1 aromatic carbocycles. The molecule has 1 saturated heterocycles. The van der Waals surface area contributed by atoms with Crippen molar-refractivity contribution in [1.82, 2.24) is 14.9 Å². The zero-order chi connectivity index (χ0) is 17.1. The molecule has 1 unspecified atom stereocenters. The number of non-ortho nitro benzene ring substituents is 1. The number of benzene rings is 1. The second kappa shape index (κ2) is 6.98. The number of fused-ring (bicyclic) bond motifs is 1. The summed E-state index contributed by atoms with van der Waals surface area (Å²) < 4.78 is 0. The molecular weight excluding hydrogens is 308 g/mol. The summed E-state index contributed by atoms with van der Waals surface area (Å²) >= 11 is 0.